The number of piperidine rings is 2. The fourth-order valence-electron chi connectivity index (χ4n) is 3.46. The van der Waals surface area contributed by atoms with Crippen LogP contribution in [0.15, 0.2) is 0 Å². The average molecular weight is 341 g/mol. The van der Waals surface area contributed by atoms with Gasteiger partial charge in [0.15, 0.2) is 0 Å². The highest BCUT2D eigenvalue weighted by molar-refractivity contribution is 6.27. The van der Waals surface area contributed by atoms with E-state index in [1.165, 1.54) is 0 Å². The Labute approximate surface area is 132 Å². The third-order valence-corrected chi connectivity index (χ3v) is 4.89. The van der Waals surface area contributed by atoms with Crippen molar-refractivity contribution in [2.45, 2.75) is 31.9 Å². The molecule has 0 aromatic rings. The van der Waals surface area contributed by atoms with Crippen molar-refractivity contribution in [2.24, 2.45) is 11.8 Å². The lowest BCUT2D eigenvalue weighted by Gasteiger charge is -2.40. The molecule has 0 saturated carbocycles. The Balaban J connectivity index is 1.89. The second-order valence-electron chi connectivity index (χ2n) is 6.00. The number of rotatable bonds is 2. The van der Waals surface area contributed by atoms with E-state index < -0.39 is 12.1 Å². The zero-order valence-electron chi connectivity index (χ0n) is 12.2. The van der Waals surface area contributed by atoms with E-state index in [2.05, 4.69) is 0 Å². The number of halogens is 4. The predicted molar refractivity (Wildman–Crippen MR) is 75.4 cm³/mol. The lowest BCUT2D eigenvalue weighted by atomic mass is 9.79. The van der Waals surface area contributed by atoms with Gasteiger partial charge in [-0.05, 0) is 37.5 Å². The summed E-state index contributed by atoms with van der Waals surface area (Å²) in [7, 11) is 0. The van der Waals surface area contributed by atoms with Crippen molar-refractivity contribution in [3.63, 3.8) is 0 Å². The van der Waals surface area contributed by atoms with Crippen LogP contribution in [-0.4, -0.2) is 59.8 Å². The van der Waals surface area contributed by atoms with Crippen LogP contribution in [0.3, 0.4) is 0 Å². The molecular weight excluding hydrogens is 321 g/mol. The molecule has 8 heteroatoms. The third-order valence-electron chi connectivity index (χ3n) is 4.66. The van der Waals surface area contributed by atoms with Crippen molar-refractivity contribution in [3.8, 4) is 0 Å². The molecule has 2 heterocycles. The van der Waals surface area contributed by atoms with E-state index in [9.17, 15) is 22.8 Å². The Kier molecular flexibility index (Phi) is 5.58. The van der Waals surface area contributed by atoms with Gasteiger partial charge in [-0.15, -0.1) is 11.6 Å². The van der Waals surface area contributed by atoms with Crippen molar-refractivity contribution < 1.29 is 22.8 Å². The summed E-state index contributed by atoms with van der Waals surface area (Å²) in [5.41, 5.74) is 0. The molecule has 0 aromatic carbocycles. The highest BCUT2D eigenvalue weighted by Gasteiger charge is 2.44. The summed E-state index contributed by atoms with van der Waals surface area (Å²) >= 11 is 5.53. The summed E-state index contributed by atoms with van der Waals surface area (Å²) in [4.78, 5) is 25.5. The van der Waals surface area contributed by atoms with Gasteiger partial charge in [-0.25, -0.2) is 0 Å². The van der Waals surface area contributed by atoms with Crippen molar-refractivity contribution >= 4 is 23.4 Å². The number of carbonyl (C=O) groups excluding carboxylic acids is 2. The van der Waals surface area contributed by atoms with Gasteiger partial charge in [-0.3, -0.25) is 9.59 Å². The predicted octanol–water partition coefficient (Wildman–Crippen LogP) is 2.26. The summed E-state index contributed by atoms with van der Waals surface area (Å²) in [6, 6.07) is 0. The Morgan fingerprint density at radius 3 is 2.18 bits per heavy atom. The van der Waals surface area contributed by atoms with E-state index >= 15 is 0 Å². The Hall–Kier alpha value is -0.980. The standard InChI is InChI=1S/C14H20ClF3N2O2/c15-8-12(21)19-6-3-10(4-7-19)11-2-1-5-20(9-11)13(22)14(16,17)18/h10-11H,1-9H2. The molecule has 2 aliphatic heterocycles. The number of amides is 2. The molecule has 0 bridgehead atoms. The SMILES string of the molecule is O=C(CCl)N1CCC(C2CCCN(C(=O)C(F)(F)F)C2)CC1. The molecule has 2 saturated heterocycles. The quantitative estimate of drug-likeness (QED) is 0.724. The number of hydrogen-bond donors (Lipinski definition) is 0. The molecule has 2 amide bonds. The first kappa shape index (κ1) is 17.4. The van der Waals surface area contributed by atoms with Gasteiger partial charge in [0.25, 0.3) is 0 Å². The molecule has 2 fully saturated rings. The van der Waals surface area contributed by atoms with Crippen LogP contribution in [0.2, 0.25) is 0 Å². The van der Waals surface area contributed by atoms with E-state index in [0.29, 0.717) is 19.5 Å². The van der Waals surface area contributed by atoms with Gasteiger partial charge in [0, 0.05) is 26.2 Å². The van der Waals surface area contributed by atoms with E-state index in [4.69, 9.17) is 11.6 Å². The second-order valence-corrected chi connectivity index (χ2v) is 6.27. The normalized spacial score (nSPS) is 24.5. The summed E-state index contributed by atoms with van der Waals surface area (Å²) < 4.78 is 37.6. The molecule has 0 radical (unpaired) electrons. The van der Waals surface area contributed by atoms with E-state index in [1.807, 2.05) is 0 Å². The molecule has 22 heavy (non-hydrogen) atoms. The molecule has 126 valence electrons. The zero-order valence-corrected chi connectivity index (χ0v) is 13.0. The number of likely N-dealkylation sites (tertiary alicyclic amines) is 2. The van der Waals surface area contributed by atoms with Gasteiger partial charge in [0.05, 0.1) is 0 Å². The molecule has 0 aliphatic carbocycles. The minimum absolute atomic E-state index is 0.0397. The smallest absolute Gasteiger partial charge is 0.342 e. The second kappa shape index (κ2) is 7.06. The van der Waals surface area contributed by atoms with E-state index in [1.54, 1.807) is 4.90 Å². The maximum atomic E-state index is 12.5. The van der Waals surface area contributed by atoms with Gasteiger partial charge in [0.1, 0.15) is 5.88 Å². The van der Waals surface area contributed by atoms with Gasteiger partial charge in [-0.1, -0.05) is 0 Å². The summed E-state index contributed by atoms with van der Waals surface area (Å²) in [6.07, 6.45) is -1.82. The third kappa shape index (κ3) is 4.06. The van der Waals surface area contributed by atoms with Crippen LogP contribution in [-0.2, 0) is 9.59 Å². The van der Waals surface area contributed by atoms with Crippen LogP contribution in [0.4, 0.5) is 13.2 Å². The van der Waals surface area contributed by atoms with Crippen LogP contribution < -0.4 is 0 Å². The molecule has 2 aliphatic rings. The summed E-state index contributed by atoms with van der Waals surface area (Å²) in [5, 5.41) is 0. The Morgan fingerprint density at radius 2 is 1.64 bits per heavy atom. The molecule has 1 unspecified atom stereocenters. The fraction of sp³-hybridized carbons (Fsp3) is 0.857. The van der Waals surface area contributed by atoms with E-state index in [0.717, 1.165) is 24.2 Å². The van der Waals surface area contributed by atoms with E-state index in [-0.39, 0.29) is 36.7 Å². The van der Waals surface area contributed by atoms with Crippen LogP contribution in [0.5, 0.6) is 0 Å². The highest BCUT2D eigenvalue weighted by Crippen LogP contribution is 2.33. The van der Waals surface area contributed by atoms with Gasteiger partial charge >= 0.3 is 12.1 Å². The first-order valence-corrected chi connectivity index (χ1v) is 8.06. The van der Waals surface area contributed by atoms with Crippen LogP contribution >= 0.6 is 11.6 Å². The molecule has 0 N–H and O–H groups in total. The van der Waals surface area contributed by atoms with Crippen molar-refractivity contribution in [3.05, 3.63) is 0 Å². The molecule has 2 rings (SSSR count). The molecular formula is C14H20ClF3N2O2. The average Bonchev–Trinajstić information content (AvgIpc) is 2.52. The minimum atomic E-state index is -4.79. The molecule has 1 atom stereocenters. The largest absolute Gasteiger partial charge is 0.471 e. The van der Waals surface area contributed by atoms with Crippen LogP contribution in [0.1, 0.15) is 25.7 Å². The summed E-state index contributed by atoms with van der Waals surface area (Å²) in [5.74, 6) is -1.51. The first-order valence-electron chi connectivity index (χ1n) is 7.52. The number of alkyl halides is 4. The Bertz CT molecular complexity index is 423. The van der Waals surface area contributed by atoms with Crippen molar-refractivity contribution in [1.29, 1.82) is 0 Å². The Morgan fingerprint density at radius 1 is 1.00 bits per heavy atom. The minimum Gasteiger partial charge on any atom is -0.342 e. The lowest BCUT2D eigenvalue weighted by Crippen LogP contribution is -2.49. The van der Waals surface area contributed by atoms with Gasteiger partial charge in [-0.2, -0.15) is 13.2 Å². The monoisotopic (exact) mass is 340 g/mol. The number of nitrogens with zero attached hydrogens (tertiary/aromatic N) is 2. The molecule has 0 spiro atoms. The first-order chi connectivity index (χ1) is 10.3. The van der Waals surface area contributed by atoms with Gasteiger partial charge in [0.2, 0.25) is 5.91 Å². The summed E-state index contributed by atoms with van der Waals surface area (Å²) in [6.45, 7) is 1.55. The fourth-order valence-corrected chi connectivity index (χ4v) is 3.63. The molecule has 0 aromatic heterocycles. The van der Waals surface area contributed by atoms with Crippen LogP contribution in [0.25, 0.3) is 0 Å². The van der Waals surface area contributed by atoms with Crippen molar-refractivity contribution in [2.75, 3.05) is 32.1 Å². The lowest BCUT2D eigenvalue weighted by molar-refractivity contribution is -0.187. The zero-order chi connectivity index (χ0) is 16.3. The maximum absolute atomic E-state index is 12.5. The van der Waals surface area contributed by atoms with Gasteiger partial charge < -0.3 is 9.80 Å². The highest BCUT2D eigenvalue weighted by atomic mass is 35.5. The molecule has 4 nitrogen and oxygen atoms in total. The number of carbonyl (C=O) groups is 2. The van der Waals surface area contributed by atoms with Crippen molar-refractivity contribution in [1.82, 2.24) is 9.80 Å². The maximum Gasteiger partial charge on any atom is 0.471 e. The van der Waals surface area contributed by atoms with Crippen LogP contribution in [0, 0.1) is 11.8 Å². The topological polar surface area (TPSA) is 40.6 Å². The number of hydrogen-bond acceptors (Lipinski definition) is 2.